The summed E-state index contributed by atoms with van der Waals surface area (Å²) >= 11 is 0. The van der Waals surface area contributed by atoms with Crippen LogP contribution in [0.25, 0.3) is 0 Å². The molecule has 1 saturated heterocycles. The second-order valence-corrected chi connectivity index (χ2v) is 4.12. The zero-order valence-electron chi connectivity index (χ0n) is 9.97. The molecule has 4 heteroatoms. The molecular weight excluding hydrogens is 218 g/mol. The van der Waals surface area contributed by atoms with E-state index in [1.165, 1.54) is 0 Å². The van der Waals surface area contributed by atoms with Gasteiger partial charge < -0.3 is 14.6 Å². The average Bonchev–Trinajstić information content (AvgIpc) is 2.60. The summed E-state index contributed by atoms with van der Waals surface area (Å²) in [7, 11) is 0. The Balaban J connectivity index is 1.73. The zero-order valence-corrected chi connectivity index (χ0v) is 9.97. The highest BCUT2D eigenvalue weighted by Crippen LogP contribution is 2.24. The van der Waals surface area contributed by atoms with Gasteiger partial charge in [-0.1, -0.05) is 12.1 Å². The van der Waals surface area contributed by atoms with Gasteiger partial charge in [0.1, 0.15) is 6.61 Å². The molecule has 0 unspecified atom stereocenters. The number of nitrogens with zero attached hydrogens (tertiary/aromatic N) is 1. The van der Waals surface area contributed by atoms with Gasteiger partial charge in [0.2, 0.25) is 0 Å². The van der Waals surface area contributed by atoms with Crippen LogP contribution in [-0.2, 0) is 4.74 Å². The Labute approximate surface area is 102 Å². The molecular formula is C13H19NO3. The lowest BCUT2D eigenvalue weighted by Gasteiger charge is -2.19. The van der Waals surface area contributed by atoms with Gasteiger partial charge in [-0.15, -0.1) is 0 Å². The van der Waals surface area contributed by atoms with E-state index in [1.807, 2.05) is 6.07 Å². The summed E-state index contributed by atoms with van der Waals surface area (Å²) in [5.74, 6) is 0.755. The number of benzene rings is 1. The smallest absolute Gasteiger partial charge is 0.160 e. The minimum absolute atomic E-state index is 0.201. The lowest BCUT2D eigenvalue weighted by atomic mass is 10.3. The molecule has 17 heavy (non-hydrogen) atoms. The Morgan fingerprint density at radius 1 is 1.24 bits per heavy atom. The summed E-state index contributed by atoms with van der Waals surface area (Å²) in [6.07, 6.45) is 1.08. The maximum Gasteiger partial charge on any atom is 0.160 e. The first-order valence-electron chi connectivity index (χ1n) is 6.07. The lowest BCUT2D eigenvalue weighted by molar-refractivity contribution is 0.137. The molecule has 0 radical (unpaired) electrons. The fourth-order valence-corrected chi connectivity index (χ4v) is 1.89. The first-order valence-corrected chi connectivity index (χ1v) is 6.07. The van der Waals surface area contributed by atoms with Crippen molar-refractivity contribution in [2.75, 3.05) is 39.5 Å². The summed E-state index contributed by atoms with van der Waals surface area (Å²) in [6.45, 7) is 5.15. The van der Waals surface area contributed by atoms with Gasteiger partial charge in [-0.3, -0.25) is 4.90 Å². The highest BCUT2D eigenvalue weighted by atomic mass is 16.5. The van der Waals surface area contributed by atoms with Gasteiger partial charge in [-0.2, -0.15) is 0 Å². The molecule has 0 aromatic heterocycles. The Kier molecular flexibility index (Phi) is 4.64. The van der Waals surface area contributed by atoms with Gasteiger partial charge >= 0.3 is 0 Å². The summed E-state index contributed by atoms with van der Waals surface area (Å²) in [5.41, 5.74) is 0. The van der Waals surface area contributed by atoms with Crippen molar-refractivity contribution >= 4 is 0 Å². The van der Waals surface area contributed by atoms with Crippen LogP contribution in [-0.4, -0.2) is 49.5 Å². The van der Waals surface area contributed by atoms with Crippen molar-refractivity contribution < 1.29 is 14.6 Å². The number of hydrogen-bond donors (Lipinski definition) is 1. The van der Waals surface area contributed by atoms with E-state index in [0.717, 1.165) is 39.3 Å². The Morgan fingerprint density at radius 3 is 3.00 bits per heavy atom. The molecule has 1 aliphatic rings. The van der Waals surface area contributed by atoms with Crippen molar-refractivity contribution in [3.63, 3.8) is 0 Å². The Bertz CT molecular complexity index is 335. The molecule has 1 heterocycles. The van der Waals surface area contributed by atoms with Crippen molar-refractivity contribution in [2.45, 2.75) is 6.42 Å². The van der Waals surface area contributed by atoms with E-state index in [2.05, 4.69) is 4.90 Å². The number of aromatic hydroxyl groups is 1. The summed E-state index contributed by atoms with van der Waals surface area (Å²) < 4.78 is 10.9. The molecule has 0 saturated carbocycles. The van der Waals surface area contributed by atoms with Crippen molar-refractivity contribution in [1.82, 2.24) is 4.90 Å². The fourth-order valence-electron chi connectivity index (χ4n) is 1.89. The van der Waals surface area contributed by atoms with Gasteiger partial charge in [-0.25, -0.2) is 0 Å². The normalized spacial score (nSPS) is 17.6. The van der Waals surface area contributed by atoms with Crippen LogP contribution >= 0.6 is 0 Å². The molecule has 1 aromatic rings. The number of ether oxygens (including phenoxy) is 2. The number of phenols is 1. The van der Waals surface area contributed by atoms with Crippen LogP contribution in [0.4, 0.5) is 0 Å². The van der Waals surface area contributed by atoms with E-state index in [4.69, 9.17) is 9.47 Å². The number of rotatable bonds is 4. The molecule has 0 aliphatic carbocycles. The van der Waals surface area contributed by atoms with Gasteiger partial charge in [0.05, 0.1) is 6.61 Å². The Hall–Kier alpha value is -1.26. The van der Waals surface area contributed by atoms with Crippen LogP contribution in [0, 0.1) is 0 Å². The third kappa shape index (κ3) is 3.91. The minimum atomic E-state index is 0.201. The molecule has 94 valence electrons. The Morgan fingerprint density at radius 2 is 2.12 bits per heavy atom. The monoisotopic (exact) mass is 237 g/mol. The maximum atomic E-state index is 9.53. The molecule has 0 spiro atoms. The SMILES string of the molecule is Oc1ccccc1OCCN1CCCOCC1. The number of hydrogen-bond acceptors (Lipinski definition) is 4. The van der Waals surface area contributed by atoms with Crippen LogP contribution in [0.3, 0.4) is 0 Å². The third-order valence-corrected chi connectivity index (χ3v) is 2.85. The van der Waals surface area contributed by atoms with Crippen molar-refractivity contribution in [3.05, 3.63) is 24.3 Å². The lowest BCUT2D eigenvalue weighted by Crippen LogP contribution is -2.30. The van der Waals surface area contributed by atoms with Gasteiger partial charge in [0.15, 0.2) is 11.5 Å². The van der Waals surface area contributed by atoms with Crippen LogP contribution in [0.1, 0.15) is 6.42 Å². The first-order chi connectivity index (χ1) is 8.36. The largest absolute Gasteiger partial charge is 0.504 e. The number of para-hydroxylation sites is 2. The average molecular weight is 237 g/mol. The van der Waals surface area contributed by atoms with Crippen molar-refractivity contribution in [3.8, 4) is 11.5 Å². The predicted molar refractivity (Wildman–Crippen MR) is 65.5 cm³/mol. The molecule has 0 atom stereocenters. The first kappa shape index (κ1) is 12.2. The summed E-state index contributed by atoms with van der Waals surface area (Å²) in [4.78, 5) is 2.33. The molecule has 1 fully saturated rings. The minimum Gasteiger partial charge on any atom is -0.504 e. The highest BCUT2D eigenvalue weighted by Gasteiger charge is 2.09. The second-order valence-electron chi connectivity index (χ2n) is 4.12. The molecule has 0 bridgehead atoms. The van der Waals surface area contributed by atoms with E-state index in [9.17, 15) is 5.11 Å². The topological polar surface area (TPSA) is 41.9 Å². The summed E-state index contributed by atoms with van der Waals surface area (Å²) in [6, 6.07) is 7.05. The number of phenolic OH excluding ortho intramolecular Hbond substituents is 1. The van der Waals surface area contributed by atoms with E-state index < -0.39 is 0 Å². The van der Waals surface area contributed by atoms with E-state index in [0.29, 0.717) is 12.4 Å². The van der Waals surface area contributed by atoms with Gasteiger partial charge in [-0.05, 0) is 18.6 Å². The van der Waals surface area contributed by atoms with E-state index >= 15 is 0 Å². The van der Waals surface area contributed by atoms with Gasteiger partial charge in [0.25, 0.3) is 0 Å². The predicted octanol–water partition coefficient (Wildman–Crippen LogP) is 1.49. The standard InChI is InChI=1S/C13H19NO3/c15-12-4-1-2-5-13(12)17-11-8-14-6-3-9-16-10-7-14/h1-2,4-5,15H,3,6-11H2. The quantitative estimate of drug-likeness (QED) is 0.861. The second kappa shape index (κ2) is 6.47. The zero-order chi connectivity index (χ0) is 11.9. The van der Waals surface area contributed by atoms with Crippen LogP contribution in [0.5, 0.6) is 11.5 Å². The van der Waals surface area contributed by atoms with Crippen molar-refractivity contribution in [1.29, 1.82) is 0 Å². The van der Waals surface area contributed by atoms with Crippen molar-refractivity contribution in [2.24, 2.45) is 0 Å². The fraction of sp³-hybridized carbons (Fsp3) is 0.538. The van der Waals surface area contributed by atoms with Crippen LogP contribution < -0.4 is 4.74 Å². The molecule has 1 aromatic carbocycles. The third-order valence-electron chi connectivity index (χ3n) is 2.85. The molecule has 1 aliphatic heterocycles. The molecule has 0 amide bonds. The summed E-state index contributed by atoms with van der Waals surface area (Å²) in [5, 5.41) is 9.53. The van der Waals surface area contributed by atoms with E-state index in [-0.39, 0.29) is 5.75 Å². The van der Waals surface area contributed by atoms with Gasteiger partial charge in [0, 0.05) is 26.2 Å². The molecule has 1 N–H and O–H groups in total. The van der Waals surface area contributed by atoms with Crippen LogP contribution in [0.2, 0.25) is 0 Å². The van der Waals surface area contributed by atoms with Crippen LogP contribution in [0.15, 0.2) is 24.3 Å². The molecule has 4 nitrogen and oxygen atoms in total. The molecule has 2 rings (SSSR count). The highest BCUT2D eigenvalue weighted by molar-refractivity contribution is 5.37. The maximum absolute atomic E-state index is 9.53. The van der Waals surface area contributed by atoms with E-state index in [1.54, 1.807) is 18.2 Å².